The number of rotatable bonds is 1. The molecule has 0 aromatic carbocycles. The van der Waals surface area contributed by atoms with E-state index in [0.717, 1.165) is 5.69 Å². The molecule has 1 rings (SSSR count). The largest absolute Gasteiger partial charge is 0.323 e. The number of aryl methyl sites for hydroxylation is 1. The van der Waals surface area contributed by atoms with Crippen LogP contribution in [0.3, 0.4) is 0 Å². The van der Waals surface area contributed by atoms with Gasteiger partial charge < -0.3 is 5.73 Å². The topological polar surface area (TPSA) is 38.9 Å². The third-order valence-corrected chi connectivity index (χ3v) is 1.51. The molecule has 60 valence electrons. The molecular weight excluding hydrogens is 143 g/mol. The SMILES string of the molecule is Cc1nc([C@@H](C)N)ccc1F. The van der Waals surface area contributed by atoms with Gasteiger partial charge in [-0.2, -0.15) is 0 Å². The predicted molar refractivity (Wildman–Crippen MR) is 41.5 cm³/mol. The van der Waals surface area contributed by atoms with Gasteiger partial charge in [0.25, 0.3) is 0 Å². The minimum atomic E-state index is -0.283. The van der Waals surface area contributed by atoms with Crippen molar-refractivity contribution in [2.75, 3.05) is 0 Å². The molecule has 2 N–H and O–H groups in total. The lowest BCUT2D eigenvalue weighted by atomic mass is 10.2. The van der Waals surface area contributed by atoms with Gasteiger partial charge in [0.2, 0.25) is 0 Å². The van der Waals surface area contributed by atoms with Crippen LogP contribution in [-0.2, 0) is 0 Å². The average molecular weight is 154 g/mol. The van der Waals surface area contributed by atoms with Crippen molar-refractivity contribution in [1.29, 1.82) is 0 Å². The lowest BCUT2D eigenvalue weighted by Gasteiger charge is -2.04. The van der Waals surface area contributed by atoms with Gasteiger partial charge in [0.1, 0.15) is 5.82 Å². The zero-order valence-corrected chi connectivity index (χ0v) is 6.63. The third kappa shape index (κ3) is 1.74. The molecule has 1 aromatic rings. The Bertz CT molecular complexity index is 258. The highest BCUT2D eigenvalue weighted by Crippen LogP contribution is 2.09. The standard InChI is InChI=1S/C8H11FN2/c1-5(10)8-4-3-7(9)6(2)11-8/h3-5H,10H2,1-2H3/t5-/m1/s1. The van der Waals surface area contributed by atoms with Crippen molar-refractivity contribution in [1.82, 2.24) is 4.98 Å². The molecule has 1 aromatic heterocycles. The van der Waals surface area contributed by atoms with Crippen molar-refractivity contribution in [2.24, 2.45) is 5.73 Å². The summed E-state index contributed by atoms with van der Waals surface area (Å²) in [6, 6.07) is 2.86. The van der Waals surface area contributed by atoms with E-state index < -0.39 is 0 Å². The van der Waals surface area contributed by atoms with E-state index >= 15 is 0 Å². The van der Waals surface area contributed by atoms with E-state index in [-0.39, 0.29) is 11.9 Å². The average Bonchev–Trinajstić information content (AvgIpc) is 1.94. The first kappa shape index (κ1) is 8.14. The maximum absolute atomic E-state index is 12.7. The summed E-state index contributed by atoms with van der Waals surface area (Å²) in [6.45, 7) is 3.45. The zero-order chi connectivity index (χ0) is 8.43. The zero-order valence-electron chi connectivity index (χ0n) is 6.63. The summed E-state index contributed by atoms with van der Waals surface area (Å²) < 4.78 is 12.7. The van der Waals surface area contributed by atoms with Crippen molar-refractivity contribution in [2.45, 2.75) is 19.9 Å². The van der Waals surface area contributed by atoms with E-state index in [9.17, 15) is 4.39 Å². The maximum Gasteiger partial charge on any atom is 0.144 e. The van der Waals surface area contributed by atoms with Crippen molar-refractivity contribution >= 4 is 0 Å². The summed E-state index contributed by atoms with van der Waals surface area (Å²) in [5, 5.41) is 0. The third-order valence-electron chi connectivity index (χ3n) is 1.51. The highest BCUT2D eigenvalue weighted by atomic mass is 19.1. The fraction of sp³-hybridized carbons (Fsp3) is 0.375. The van der Waals surface area contributed by atoms with Crippen molar-refractivity contribution in [3.63, 3.8) is 0 Å². The van der Waals surface area contributed by atoms with Gasteiger partial charge >= 0.3 is 0 Å². The number of nitrogens with zero attached hydrogens (tertiary/aromatic N) is 1. The molecule has 0 aliphatic rings. The highest BCUT2D eigenvalue weighted by Gasteiger charge is 2.03. The van der Waals surface area contributed by atoms with Gasteiger partial charge in [0, 0.05) is 6.04 Å². The summed E-state index contributed by atoms with van der Waals surface area (Å²) in [4.78, 5) is 3.97. The van der Waals surface area contributed by atoms with E-state index in [0.29, 0.717) is 5.69 Å². The molecule has 0 saturated carbocycles. The minimum Gasteiger partial charge on any atom is -0.323 e. The summed E-state index contributed by atoms with van der Waals surface area (Å²) in [7, 11) is 0. The van der Waals surface area contributed by atoms with Crippen LogP contribution in [0.5, 0.6) is 0 Å². The highest BCUT2D eigenvalue weighted by molar-refractivity contribution is 5.14. The van der Waals surface area contributed by atoms with Crippen LogP contribution in [0.25, 0.3) is 0 Å². The van der Waals surface area contributed by atoms with Crippen molar-refractivity contribution < 1.29 is 4.39 Å². The van der Waals surface area contributed by atoms with E-state index in [4.69, 9.17) is 5.73 Å². The monoisotopic (exact) mass is 154 g/mol. The molecule has 0 amide bonds. The molecule has 11 heavy (non-hydrogen) atoms. The number of nitrogens with two attached hydrogens (primary N) is 1. The Morgan fingerprint density at radius 2 is 2.18 bits per heavy atom. The van der Waals surface area contributed by atoms with E-state index in [1.165, 1.54) is 6.07 Å². The minimum absolute atomic E-state index is 0.130. The summed E-state index contributed by atoms with van der Waals surface area (Å²) in [6.07, 6.45) is 0. The van der Waals surface area contributed by atoms with Crippen LogP contribution in [0, 0.1) is 12.7 Å². The van der Waals surface area contributed by atoms with Gasteiger partial charge in [0.05, 0.1) is 11.4 Å². The molecule has 0 spiro atoms. The van der Waals surface area contributed by atoms with Crippen LogP contribution in [0.4, 0.5) is 4.39 Å². The summed E-state index contributed by atoms with van der Waals surface area (Å²) >= 11 is 0. The second-order valence-electron chi connectivity index (χ2n) is 2.59. The first-order chi connectivity index (χ1) is 5.11. The molecule has 0 saturated heterocycles. The Labute approximate surface area is 65.3 Å². The van der Waals surface area contributed by atoms with Gasteiger partial charge in [0.15, 0.2) is 0 Å². The Morgan fingerprint density at radius 1 is 1.55 bits per heavy atom. The van der Waals surface area contributed by atoms with E-state index in [1.807, 2.05) is 6.92 Å². The predicted octanol–water partition coefficient (Wildman–Crippen LogP) is 1.55. The van der Waals surface area contributed by atoms with Crippen LogP contribution < -0.4 is 5.73 Å². The van der Waals surface area contributed by atoms with Crippen LogP contribution >= 0.6 is 0 Å². The van der Waals surface area contributed by atoms with Crippen LogP contribution in [0.2, 0.25) is 0 Å². The van der Waals surface area contributed by atoms with E-state index in [2.05, 4.69) is 4.98 Å². The van der Waals surface area contributed by atoms with Gasteiger partial charge in [-0.25, -0.2) is 4.39 Å². The maximum atomic E-state index is 12.7. The Balaban J connectivity index is 3.05. The molecule has 2 nitrogen and oxygen atoms in total. The Hall–Kier alpha value is -0.960. The fourth-order valence-electron chi connectivity index (χ4n) is 0.817. The number of hydrogen-bond donors (Lipinski definition) is 1. The molecule has 1 atom stereocenters. The molecule has 0 aliphatic carbocycles. The molecule has 1 heterocycles. The molecular formula is C8H11FN2. The van der Waals surface area contributed by atoms with Gasteiger partial charge in [-0.15, -0.1) is 0 Å². The molecule has 0 bridgehead atoms. The smallest absolute Gasteiger partial charge is 0.144 e. The van der Waals surface area contributed by atoms with Gasteiger partial charge in [-0.1, -0.05) is 0 Å². The molecule has 0 unspecified atom stereocenters. The summed E-state index contributed by atoms with van der Waals surface area (Å²) in [5.74, 6) is -0.283. The lowest BCUT2D eigenvalue weighted by Crippen LogP contribution is -2.08. The van der Waals surface area contributed by atoms with Crippen LogP contribution in [-0.4, -0.2) is 4.98 Å². The van der Waals surface area contributed by atoms with Gasteiger partial charge in [-0.3, -0.25) is 4.98 Å². The normalized spacial score (nSPS) is 13.1. The number of aromatic nitrogens is 1. The second-order valence-corrected chi connectivity index (χ2v) is 2.59. The van der Waals surface area contributed by atoms with Crippen molar-refractivity contribution in [3.8, 4) is 0 Å². The first-order valence-corrected chi connectivity index (χ1v) is 3.50. The first-order valence-electron chi connectivity index (χ1n) is 3.50. The van der Waals surface area contributed by atoms with Gasteiger partial charge in [-0.05, 0) is 26.0 Å². The number of halogens is 1. The molecule has 0 fully saturated rings. The summed E-state index contributed by atoms with van der Waals surface area (Å²) in [5.41, 5.74) is 6.68. The fourth-order valence-corrected chi connectivity index (χ4v) is 0.817. The quantitative estimate of drug-likeness (QED) is 0.666. The molecule has 0 radical (unpaired) electrons. The second kappa shape index (κ2) is 2.96. The van der Waals surface area contributed by atoms with Crippen LogP contribution in [0.1, 0.15) is 24.4 Å². The van der Waals surface area contributed by atoms with Crippen molar-refractivity contribution in [3.05, 3.63) is 29.3 Å². The Kier molecular flexibility index (Phi) is 2.19. The number of hydrogen-bond acceptors (Lipinski definition) is 2. The van der Waals surface area contributed by atoms with E-state index in [1.54, 1.807) is 13.0 Å². The number of pyridine rings is 1. The lowest BCUT2D eigenvalue weighted by molar-refractivity contribution is 0.603. The van der Waals surface area contributed by atoms with Crippen LogP contribution in [0.15, 0.2) is 12.1 Å². The Morgan fingerprint density at radius 3 is 2.64 bits per heavy atom. The molecule has 3 heteroatoms. The molecule has 0 aliphatic heterocycles.